The van der Waals surface area contributed by atoms with E-state index in [4.69, 9.17) is 21.9 Å². The number of aromatic nitrogens is 2. The van der Waals surface area contributed by atoms with Gasteiger partial charge in [0.15, 0.2) is 5.82 Å². The molecule has 0 bridgehead atoms. The van der Waals surface area contributed by atoms with Crippen LogP contribution in [0.5, 0.6) is 0 Å². The molecule has 0 radical (unpaired) electrons. The lowest BCUT2D eigenvalue weighted by Crippen LogP contribution is -2.34. The van der Waals surface area contributed by atoms with E-state index in [2.05, 4.69) is 10.1 Å². The van der Waals surface area contributed by atoms with E-state index in [1.54, 1.807) is 6.07 Å². The first-order valence-corrected chi connectivity index (χ1v) is 6.45. The van der Waals surface area contributed by atoms with E-state index in [0.29, 0.717) is 16.7 Å². The molecule has 4 nitrogen and oxygen atoms in total. The maximum atomic E-state index is 6.29. The summed E-state index contributed by atoms with van der Waals surface area (Å²) < 4.78 is 5.28. The highest BCUT2D eigenvalue weighted by Gasteiger charge is 2.36. The predicted molar refractivity (Wildman–Crippen MR) is 69.1 cm³/mol. The average Bonchev–Trinajstić information content (AvgIpc) is 2.99. The summed E-state index contributed by atoms with van der Waals surface area (Å²) in [5.41, 5.74) is 6.61. The van der Waals surface area contributed by atoms with Gasteiger partial charge >= 0.3 is 0 Å². The molecular weight excluding hydrogens is 250 g/mol. The fourth-order valence-corrected chi connectivity index (χ4v) is 2.62. The zero-order chi connectivity index (χ0) is 12.6. The summed E-state index contributed by atoms with van der Waals surface area (Å²) >= 11 is 6.10. The van der Waals surface area contributed by atoms with Crippen molar-refractivity contribution in [3.05, 3.63) is 35.1 Å². The lowest BCUT2D eigenvalue weighted by Gasteiger charge is -2.17. The van der Waals surface area contributed by atoms with Gasteiger partial charge in [0.2, 0.25) is 0 Å². The molecule has 1 fully saturated rings. The molecule has 0 amide bonds. The van der Waals surface area contributed by atoms with Crippen LogP contribution in [0.2, 0.25) is 5.02 Å². The van der Waals surface area contributed by atoms with Crippen LogP contribution in [0.25, 0.3) is 11.5 Å². The molecule has 0 atom stereocenters. The quantitative estimate of drug-likeness (QED) is 0.904. The molecule has 3 rings (SSSR count). The highest BCUT2D eigenvalue weighted by Crippen LogP contribution is 2.36. The van der Waals surface area contributed by atoms with Crippen LogP contribution in [-0.4, -0.2) is 10.1 Å². The van der Waals surface area contributed by atoms with Gasteiger partial charge < -0.3 is 10.3 Å². The third-order valence-electron chi connectivity index (χ3n) is 3.47. The van der Waals surface area contributed by atoms with Gasteiger partial charge in [0.25, 0.3) is 5.89 Å². The first-order chi connectivity index (χ1) is 8.69. The van der Waals surface area contributed by atoms with E-state index in [1.807, 2.05) is 18.2 Å². The number of nitrogens with zero attached hydrogens (tertiary/aromatic N) is 2. The molecule has 0 saturated heterocycles. The minimum atomic E-state index is -0.428. The van der Waals surface area contributed by atoms with E-state index in [1.165, 1.54) is 0 Å². The molecular formula is C13H14ClN3O. The SMILES string of the molecule is NC1(c2noc(-c3ccccc3Cl)n2)CCCC1. The zero-order valence-corrected chi connectivity index (χ0v) is 10.7. The zero-order valence-electron chi connectivity index (χ0n) is 9.90. The first-order valence-electron chi connectivity index (χ1n) is 6.07. The summed E-state index contributed by atoms with van der Waals surface area (Å²) in [6.45, 7) is 0. The van der Waals surface area contributed by atoms with Crippen LogP contribution in [0.4, 0.5) is 0 Å². The second kappa shape index (κ2) is 4.37. The minimum Gasteiger partial charge on any atom is -0.334 e. The van der Waals surface area contributed by atoms with Crippen LogP contribution >= 0.6 is 11.6 Å². The van der Waals surface area contributed by atoms with Crippen LogP contribution in [0.15, 0.2) is 28.8 Å². The van der Waals surface area contributed by atoms with Crippen molar-refractivity contribution >= 4 is 11.6 Å². The topological polar surface area (TPSA) is 64.9 Å². The van der Waals surface area contributed by atoms with E-state index in [-0.39, 0.29) is 0 Å². The molecule has 1 aliphatic rings. The Labute approximate surface area is 110 Å². The number of rotatable bonds is 2. The van der Waals surface area contributed by atoms with Gasteiger partial charge in [-0.25, -0.2) is 0 Å². The van der Waals surface area contributed by atoms with Crippen molar-refractivity contribution < 1.29 is 4.52 Å². The monoisotopic (exact) mass is 263 g/mol. The third-order valence-corrected chi connectivity index (χ3v) is 3.80. The number of benzene rings is 1. The van der Waals surface area contributed by atoms with Crippen molar-refractivity contribution in [2.75, 3.05) is 0 Å². The van der Waals surface area contributed by atoms with Crippen LogP contribution in [0.1, 0.15) is 31.5 Å². The van der Waals surface area contributed by atoms with E-state index < -0.39 is 5.54 Å². The van der Waals surface area contributed by atoms with Crippen molar-refractivity contribution in [2.45, 2.75) is 31.2 Å². The number of halogens is 1. The summed E-state index contributed by atoms with van der Waals surface area (Å²) in [6, 6.07) is 7.41. The molecule has 18 heavy (non-hydrogen) atoms. The molecule has 5 heteroatoms. The Morgan fingerprint density at radius 1 is 1.22 bits per heavy atom. The van der Waals surface area contributed by atoms with E-state index in [9.17, 15) is 0 Å². The Kier molecular flexibility index (Phi) is 2.84. The van der Waals surface area contributed by atoms with Gasteiger partial charge in [0.1, 0.15) is 0 Å². The maximum Gasteiger partial charge on any atom is 0.259 e. The smallest absolute Gasteiger partial charge is 0.259 e. The summed E-state index contributed by atoms with van der Waals surface area (Å²) in [6.07, 6.45) is 4.06. The highest BCUT2D eigenvalue weighted by molar-refractivity contribution is 6.33. The molecule has 1 aromatic heterocycles. The second-order valence-electron chi connectivity index (χ2n) is 4.77. The van der Waals surface area contributed by atoms with Gasteiger partial charge in [0.05, 0.1) is 16.1 Å². The normalized spacial score (nSPS) is 18.1. The largest absolute Gasteiger partial charge is 0.334 e. The van der Waals surface area contributed by atoms with Gasteiger partial charge in [-0.3, -0.25) is 0 Å². The molecule has 94 valence electrons. The third kappa shape index (κ3) is 1.91. The maximum absolute atomic E-state index is 6.29. The van der Waals surface area contributed by atoms with Crippen LogP contribution in [0, 0.1) is 0 Å². The predicted octanol–water partition coefficient (Wildman–Crippen LogP) is 3.12. The van der Waals surface area contributed by atoms with Gasteiger partial charge in [-0.1, -0.05) is 41.7 Å². The molecule has 1 heterocycles. The van der Waals surface area contributed by atoms with Gasteiger partial charge in [0, 0.05) is 0 Å². The van der Waals surface area contributed by atoms with Gasteiger partial charge in [-0.15, -0.1) is 0 Å². The highest BCUT2D eigenvalue weighted by atomic mass is 35.5. The van der Waals surface area contributed by atoms with Gasteiger partial charge in [-0.2, -0.15) is 4.98 Å². The lowest BCUT2D eigenvalue weighted by atomic mass is 9.99. The standard InChI is InChI=1S/C13H14ClN3O/c14-10-6-2-1-5-9(10)11-16-12(17-18-11)13(15)7-3-4-8-13/h1-2,5-6H,3-4,7-8,15H2. The number of hydrogen-bond donors (Lipinski definition) is 1. The summed E-state index contributed by atoms with van der Waals surface area (Å²) in [4.78, 5) is 4.41. The minimum absolute atomic E-state index is 0.428. The second-order valence-corrected chi connectivity index (χ2v) is 5.17. The molecule has 2 aromatic rings. The van der Waals surface area contributed by atoms with Crippen molar-refractivity contribution in [3.8, 4) is 11.5 Å². The Bertz CT molecular complexity index is 561. The molecule has 0 unspecified atom stereocenters. The first kappa shape index (κ1) is 11.7. The summed E-state index contributed by atoms with van der Waals surface area (Å²) in [5.74, 6) is 1.03. The van der Waals surface area contributed by atoms with Gasteiger partial charge in [-0.05, 0) is 25.0 Å². The van der Waals surface area contributed by atoms with Crippen LogP contribution in [-0.2, 0) is 5.54 Å². The summed E-state index contributed by atoms with van der Waals surface area (Å²) in [5, 5.41) is 4.62. The summed E-state index contributed by atoms with van der Waals surface area (Å²) in [7, 11) is 0. The molecule has 0 spiro atoms. The lowest BCUT2D eigenvalue weighted by molar-refractivity contribution is 0.372. The molecule has 0 aliphatic heterocycles. The Hall–Kier alpha value is -1.39. The number of nitrogens with two attached hydrogens (primary N) is 1. The molecule has 1 saturated carbocycles. The Morgan fingerprint density at radius 2 is 1.94 bits per heavy atom. The van der Waals surface area contributed by atoms with E-state index in [0.717, 1.165) is 31.2 Å². The molecule has 1 aliphatic carbocycles. The van der Waals surface area contributed by atoms with Crippen molar-refractivity contribution in [1.82, 2.24) is 10.1 Å². The van der Waals surface area contributed by atoms with E-state index >= 15 is 0 Å². The van der Waals surface area contributed by atoms with Crippen LogP contribution in [0.3, 0.4) is 0 Å². The van der Waals surface area contributed by atoms with Crippen LogP contribution < -0.4 is 5.73 Å². The van der Waals surface area contributed by atoms with Crippen molar-refractivity contribution in [3.63, 3.8) is 0 Å². The Morgan fingerprint density at radius 3 is 2.67 bits per heavy atom. The number of hydrogen-bond acceptors (Lipinski definition) is 4. The molecule has 2 N–H and O–H groups in total. The fourth-order valence-electron chi connectivity index (χ4n) is 2.40. The average molecular weight is 264 g/mol. The van der Waals surface area contributed by atoms with Crippen molar-refractivity contribution in [2.24, 2.45) is 5.73 Å². The van der Waals surface area contributed by atoms with Crippen molar-refractivity contribution in [1.29, 1.82) is 0 Å². The molecule has 1 aromatic carbocycles. The fraction of sp³-hybridized carbons (Fsp3) is 0.385. The Balaban J connectivity index is 1.97.